The van der Waals surface area contributed by atoms with Gasteiger partial charge < -0.3 is 0 Å². The Morgan fingerprint density at radius 2 is 0.692 bits per heavy atom. The zero-order valence-corrected chi connectivity index (χ0v) is 22.2. The minimum atomic E-state index is 0.177. The van der Waals surface area contributed by atoms with Crippen molar-refractivity contribution in [1.29, 1.82) is 0 Å². The number of hydrogen-bond donors (Lipinski definition) is 0. The van der Waals surface area contributed by atoms with Crippen molar-refractivity contribution in [1.82, 2.24) is 0 Å². The fraction of sp³-hybridized carbons (Fsp3) is 0.231. The summed E-state index contributed by atoms with van der Waals surface area (Å²) in [6, 6.07) is 42.7. The summed E-state index contributed by atoms with van der Waals surface area (Å²) in [6.07, 6.45) is 2.19. The first kappa shape index (κ1) is 21.0. The molecule has 0 heterocycles. The van der Waals surface area contributed by atoms with E-state index >= 15 is 0 Å². The topological polar surface area (TPSA) is 0 Å². The lowest BCUT2D eigenvalue weighted by molar-refractivity contribution is 0.288. The van der Waals surface area contributed by atoms with E-state index in [2.05, 4.69) is 116 Å². The van der Waals surface area contributed by atoms with E-state index in [1.165, 1.54) is 0 Å². The van der Waals surface area contributed by atoms with Gasteiger partial charge in [-0.2, -0.15) is 0 Å². The number of benzene rings is 5. The largest absolute Gasteiger partial charge is 0.0620 e. The van der Waals surface area contributed by atoms with E-state index in [0.29, 0.717) is 29.6 Å². The number of hydrogen-bond acceptors (Lipinski definition) is 0. The van der Waals surface area contributed by atoms with Gasteiger partial charge in [-0.15, -0.1) is 0 Å². The molecule has 5 aromatic rings. The van der Waals surface area contributed by atoms with Crippen LogP contribution in [0.4, 0.5) is 0 Å². The molecule has 5 aromatic carbocycles. The highest BCUT2D eigenvalue weighted by molar-refractivity contribution is 5.69. The fourth-order valence-electron chi connectivity index (χ4n) is 10.2. The van der Waals surface area contributed by atoms with E-state index in [0.717, 1.165) is 12.8 Å². The normalized spacial score (nSPS) is 29.3. The number of rotatable bonds is 0. The zero-order chi connectivity index (χ0) is 25.5. The van der Waals surface area contributed by atoms with Crippen molar-refractivity contribution in [3.8, 4) is 0 Å². The van der Waals surface area contributed by atoms with Gasteiger partial charge in [0, 0.05) is 35.0 Å². The van der Waals surface area contributed by atoms with Crippen LogP contribution < -0.4 is 0 Å². The lowest BCUT2D eigenvalue weighted by Crippen LogP contribution is -2.25. The molecule has 0 aromatic heterocycles. The van der Waals surface area contributed by atoms with Gasteiger partial charge in [0.15, 0.2) is 0 Å². The second-order valence-electron chi connectivity index (χ2n) is 12.9. The molecule has 0 spiro atoms. The maximum Gasteiger partial charge on any atom is 0.0167 e. The quantitative estimate of drug-likeness (QED) is 0.200. The number of fused-ring (bicyclic) bond motifs is 9. The van der Waals surface area contributed by atoms with Gasteiger partial charge >= 0.3 is 0 Å². The molecular formula is C39H30. The lowest BCUT2D eigenvalue weighted by Gasteiger charge is -2.38. The third kappa shape index (κ3) is 2.36. The van der Waals surface area contributed by atoms with Gasteiger partial charge in [-0.25, -0.2) is 0 Å². The highest BCUT2D eigenvalue weighted by Crippen LogP contribution is 2.76. The summed E-state index contributed by atoms with van der Waals surface area (Å²) in [5, 5.41) is 0. The summed E-state index contributed by atoms with van der Waals surface area (Å²) >= 11 is 0. The van der Waals surface area contributed by atoms with Crippen LogP contribution in [-0.2, 0) is 12.8 Å². The van der Waals surface area contributed by atoms with Gasteiger partial charge in [0.25, 0.3) is 0 Å². The highest BCUT2D eigenvalue weighted by atomic mass is 14.7. The van der Waals surface area contributed by atoms with E-state index in [-0.39, 0.29) is 5.41 Å². The predicted molar refractivity (Wildman–Crippen MR) is 157 cm³/mol. The molecule has 39 heavy (non-hydrogen) atoms. The average molecular weight is 499 g/mol. The molecule has 2 unspecified atom stereocenters. The molecule has 0 fully saturated rings. The van der Waals surface area contributed by atoms with Crippen molar-refractivity contribution in [3.05, 3.63) is 176 Å². The van der Waals surface area contributed by atoms with Gasteiger partial charge in [0.1, 0.15) is 0 Å². The molecular weight excluding hydrogens is 468 g/mol. The van der Waals surface area contributed by atoms with E-state index in [1.54, 1.807) is 66.8 Å². The summed E-state index contributed by atoms with van der Waals surface area (Å²) in [4.78, 5) is 0. The Hall–Kier alpha value is -3.90. The van der Waals surface area contributed by atoms with Gasteiger partial charge in [-0.1, -0.05) is 116 Å². The van der Waals surface area contributed by atoms with Crippen molar-refractivity contribution in [3.63, 3.8) is 0 Å². The molecule has 2 atom stereocenters. The Morgan fingerprint density at radius 3 is 1.03 bits per heavy atom. The maximum absolute atomic E-state index is 2.69. The Balaban J connectivity index is 1.23. The Labute approximate surface area is 230 Å². The minimum absolute atomic E-state index is 0.177. The van der Waals surface area contributed by atoms with Crippen LogP contribution in [0.2, 0.25) is 0 Å². The summed E-state index contributed by atoms with van der Waals surface area (Å²) < 4.78 is 0. The van der Waals surface area contributed by atoms with Crippen LogP contribution in [0.25, 0.3) is 0 Å². The van der Waals surface area contributed by atoms with Crippen LogP contribution in [0.5, 0.6) is 0 Å². The van der Waals surface area contributed by atoms with E-state index in [9.17, 15) is 0 Å². The summed E-state index contributed by atoms with van der Waals surface area (Å²) in [5.74, 6) is 2.30. The van der Waals surface area contributed by atoms with Crippen LogP contribution in [0.1, 0.15) is 103 Å². The van der Waals surface area contributed by atoms with Gasteiger partial charge in [0.05, 0.1) is 0 Å². The molecule has 6 aliphatic carbocycles. The van der Waals surface area contributed by atoms with Crippen LogP contribution in [0, 0.1) is 5.41 Å². The SMILES string of the molecule is CC12C3c4ccccc4C1c1cc4c(cc1C2c1ccccc13)CC1c2ccccc2C(C4)c2ccccc21. The molecule has 11 rings (SSSR count). The molecule has 0 N–H and O–H groups in total. The lowest BCUT2D eigenvalue weighted by atomic mass is 9.66. The third-order valence-electron chi connectivity index (χ3n) is 11.5. The summed E-state index contributed by atoms with van der Waals surface area (Å²) in [7, 11) is 0. The summed E-state index contributed by atoms with van der Waals surface area (Å²) in [6.45, 7) is 2.61. The molecule has 0 heteroatoms. The van der Waals surface area contributed by atoms with E-state index in [1.807, 2.05) is 0 Å². The molecule has 0 amide bonds. The standard InChI is InChI=1S/C39H30/c1-39-36-28-14-6-8-16-30(28)37(39)34-20-22-18-32-24-10-2-3-11-25(24)33(27-13-5-4-12-26(27)32)19-23(22)21-35(34)38(39)31-17-9-7-15-29(31)36/h2-17,20-21,32-33,36-38H,18-19H2,1H3. The second-order valence-corrected chi connectivity index (χ2v) is 12.9. The van der Waals surface area contributed by atoms with Crippen molar-refractivity contribution in [2.24, 2.45) is 5.41 Å². The first-order valence-corrected chi connectivity index (χ1v) is 14.7. The van der Waals surface area contributed by atoms with Crippen LogP contribution in [-0.4, -0.2) is 0 Å². The smallest absolute Gasteiger partial charge is 0.0167 e. The van der Waals surface area contributed by atoms with Gasteiger partial charge in [-0.3, -0.25) is 0 Å². The summed E-state index contributed by atoms with van der Waals surface area (Å²) in [5.41, 5.74) is 19.1. The van der Waals surface area contributed by atoms with Gasteiger partial charge in [0.2, 0.25) is 0 Å². The van der Waals surface area contributed by atoms with E-state index < -0.39 is 0 Å². The molecule has 6 aliphatic rings. The first-order valence-electron chi connectivity index (χ1n) is 14.7. The zero-order valence-electron chi connectivity index (χ0n) is 22.2. The molecule has 0 saturated carbocycles. The average Bonchev–Trinajstić information content (AvgIpc) is 3.49. The highest BCUT2D eigenvalue weighted by Gasteiger charge is 2.64. The minimum Gasteiger partial charge on any atom is -0.0620 e. The van der Waals surface area contributed by atoms with Gasteiger partial charge in [-0.05, 0) is 79.6 Å². The Bertz CT molecular complexity index is 1690. The first-order chi connectivity index (χ1) is 19.2. The third-order valence-corrected chi connectivity index (χ3v) is 11.5. The van der Waals surface area contributed by atoms with Crippen LogP contribution >= 0.6 is 0 Å². The molecule has 0 saturated heterocycles. The van der Waals surface area contributed by atoms with Crippen molar-refractivity contribution in [2.45, 2.75) is 49.4 Å². The molecule has 0 aliphatic heterocycles. The second kappa shape index (κ2) is 6.99. The van der Waals surface area contributed by atoms with Crippen LogP contribution in [0.15, 0.2) is 109 Å². The van der Waals surface area contributed by atoms with Crippen LogP contribution in [0.3, 0.4) is 0 Å². The monoisotopic (exact) mass is 498 g/mol. The fourth-order valence-corrected chi connectivity index (χ4v) is 10.2. The van der Waals surface area contributed by atoms with Crippen molar-refractivity contribution < 1.29 is 0 Å². The van der Waals surface area contributed by atoms with Crippen molar-refractivity contribution >= 4 is 0 Å². The van der Waals surface area contributed by atoms with E-state index in [4.69, 9.17) is 0 Å². The molecule has 0 nitrogen and oxygen atoms in total. The maximum atomic E-state index is 2.69. The predicted octanol–water partition coefficient (Wildman–Crippen LogP) is 8.81. The molecule has 2 bridgehead atoms. The van der Waals surface area contributed by atoms with Crippen molar-refractivity contribution in [2.75, 3.05) is 0 Å². The molecule has 0 radical (unpaired) electrons. The molecule has 186 valence electrons. The Morgan fingerprint density at radius 1 is 0.410 bits per heavy atom. The Kier molecular flexibility index (Phi) is 3.76.